The number of rotatable bonds is 1. The minimum absolute atomic E-state index is 0.211. The Hall–Kier alpha value is -2.17. The summed E-state index contributed by atoms with van der Waals surface area (Å²) >= 11 is 6.65. The molecule has 1 saturated heterocycles. The van der Waals surface area contributed by atoms with Crippen LogP contribution in [0.1, 0.15) is 43.5 Å². The zero-order valence-corrected chi connectivity index (χ0v) is 22.8. The average molecular weight is 522 g/mol. The molecule has 34 heavy (non-hydrogen) atoms. The quantitative estimate of drug-likeness (QED) is 0.436. The fraction of sp³-hybridized carbons (Fsp3) is 0.522. The van der Waals surface area contributed by atoms with Crippen molar-refractivity contribution in [2.45, 2.75) is 63.3 Å². The molecule has 0 unspecified atom stereocenters. The lowest BCUT2D eigenvalue weighted by molar-refractivity contribution is 0.0981. The summed E-state index contributed by atoms with van der Waals surface area (Å²) in [6.07, 6.45) is 2.85. The van der Waals surface area contributed by atoms with Crippen LogP contribution in [0.4, 0.5) is 11.6 Å². The van der Waals surface area contributed by atoms with Crippen LogP contribution in [0.2, 0.25) is 24.8 Å². The lowest BCUT2D eigenvalue weighted by atomic mass is 9.93. The van der Waals surface area contributed by atoms with Gasteiger partial charge < -0.3 is 10.2 Å². The van der Waals surface area contributed by atoms with E-state index in [1.807, 2.05) is 0 Å². The van der Waals surface area contributed by atoms with Crippen LogP contribution in [-0.4, -0.2) is 51.0 Å². The van der Waals surface area contributed by atoms with E-state index < -0.39 is 24.0 Å². The largest absolute Gasteiger partial charge is 0.370 e. The Kier molecular flexibility index (Phi) is 6.45. The van der Waals surface area contributed by atoms with Crippen molar-refractivity contribution < 1.29 is 13.2 Å². The first kappa shape index (κ1) is 24.9. The van der Waals surface area contributed by atoms with E-state index in [0.717, 1.165) is 31.0 Å². The number of hydrogen-bond acceptors (Lipinski definition) is 7. The van der Waals surface area contributed by atoms with E-state index in [9.17, 15) is 13.2 Å². The predicted molar refractivity (Wildman–Crippen MR) is 138 cm³/mol. The van der Waals surface area contributed by atoms with Crippen LogP contribution in [-0.2, 0) is 10.0 Å². The van der Waals surface area contributed by atoms with Gasteiger partial charge in [-0.3, -0.25) is 4.79 Å². The van der Waals surface area contributed by atoms with Gasteiger partial charge in [0.05, 0.1) is 13.6 Å². The smallest absolute Gasteiger partial charge is 0.281 e. The molecule has 1 fully saturated rings. The van der Waals surface area contributed by atoms with Crippen molar-refractivity contribution >= 4 is 52.4 Å². The highest BCUT2D eigenvalue weighted by molar-refractivity contribution is 7.90. The Morgan fingerprint density at radius 1 is 1.21 bits per heavy atom. The Morgan fingerprint density at radius 3 is 2.65 bits per heavy atom. The average Bonchev–Trinajstić information content (AvgIpc) is 3.03. The molecule has 2 aliphatic rings. The molecule has 0 aliphatic carbocycles. The van der Waals surface area contributed by atoms with Gasteiger partial charge in [0.15, 0.2) is 5.03 Å². The topological polar surface area (TPSA) is 104 Å². The molecule has 0 aromatic carbocycles. The summed E-state index contributed by atoms with van der Waals surface area (Å²) in [6, 6.07) is 6.46. The van der Waals surface area contributed by atoms with Crippen LogP contribution < -0.4 is 20.1 Å². The van der Waals surface area contributed by atoms with Gasteiger partial charge in [0.1, 0.15) is 16.8 Å². The molecule has 4 bridgehead atoms. The summed E-state index contributed by atoms with van der Waals surface area (Å²) in [5, 5.41) is 4.19. The second-order valence-corrected chi connectivity index (χ2v) is 17.8. The minimum Gasteiger partial charge on any atom is -0.370 e. The van der Waals surface area contributed by atoms with Gasteiger partial charge in [-0.1, -0.05) is 37.3 Å². The second kappa shape index (κ2) is 8.80. The molecule has 2 aliphatic heterocycles. The van der Waals surface area contributed by atoms with Gasteiger partial charge in [-0.05, 0) is 62.4 Å². The maximum absolute atomic E-state index is 13.5. The number of pyridine rings is 2. The van der Waals surface area contributed by atoms with Crippen molar-refractivity contribution in [2.75, 3.05) is 23.3 Å². The summed E-state index contributed by atoms with van der Waals surface area (Å²) in [7, 11) is -6.16. The predicted octanol–water partition coefficient (Wildman–Crippen LogP) is 3.60. The highest BCUT2D eigenvalue weighted by Crippen LogP contribution is 2.39. The molecule has 0 spiro atoms. The van der Waals surface area contributed by atoms with Crippen molar-refractivity contribution in [3.05, 3.63) is 35.0 Å². The second-order valence-electron chi connectivity index (χ2n) is 10.8. The summed E-state index contributed by atoms with van der Waals surface area (Å²) in [5.74, 6) is 0.585. The van der Waals surface area contributed by atoms with E-state index in [0.29, 0.717) is 29.3 Å². The Bertz CT molecular complexity index is 1230. The van der Waals surface area contributed by atoms with Crippen molar-refractivity contribution in [3.8, 4) is 0 Å². The van der Waals surface area contributed by atoms with E-state index in [-0.39, 0.29) is 16.1 Å². The molecule has 11 heteroatoms. The summed E-state index contributed by atoms with van der Waals surface area (Å²) < 4.78 is 28.4. The van der Waals surface area contributed by atoms with Crippen molar-refractivity contribution in [1.29, 1.82) is 0 Å². The van der Waals surface area contributed by atoms with Crippen LogP contribution in [0.3, 0.4) is 0 Å². The molecule has 2 aromatic rings. The van der Waals surface area contributed by atoms with Gasteiger partial charge in [0.2, 0.25) is 0 Å². The molecule has 2 N–H and O–H groups in total. The van der Waals surface area contributed by atoms with Gasteiger partial charge in [0, 0.05) is 18.6 Å². The zero-order chi connectivity index (χ0) is 24.9. The van der Waals surface area contributed by atoms with Crippen LogP contribution in [0.5, 0.6) is 0 Å². The van der Waals surface area contributed by atoms with E-state index in [4.69, 9.17) is 16.6 Å². The third-order valence-electron chi connectivity index (χ3n) is 6.55. The number of fused-ring (bicyclic) bond motifs is 6. The number of halogens is 1. The molecule has 0 saturated carbocycles. The Labute approximate surface area is 207 Å². The monoisotopic (exact) mass is 521 g/mol. The van der Waals surface area contributed by atoms with Gasteiger partial charge in [0.25, 0.3) is 15.9 Å². The van der Waals surface area contributed by atoms with Crippen LogP contribution >= 0.6 is 11.6 Å². The molecule has 1 atom stereocenters. The van der Waals surface area contributed by atoms with Gasteiger partial charge in [-0.15, -0.1) is 0 Å². The molecule has 2 aromatic heterocycles. The maximum atomic E-state index is 13.5. The van der Waals surface area contributed by atoms with Crippen LogP contribution in [0.15, 0.2) is 29.3 Å². The van der Waals surface area contributed by atoms with Gasteiger partial charge in [-0.2, -0.15) is 8.42 Å². The Balaban J connectivity index is 1.88. The molecule has 4 heterocycles. The lowest BCUT2D eigenvalue weighted by Crippen LogP contribution is -2.44. The first-order chi connectivity index (χ1) is 15.8. The number of nitrogens with one attached hydrogen (secondary N) is 2. The molecule has 4 rings (SSSR count). The first-order valence-corrected chi connectivity index (χ1v) is 16.9. The number of nitrogens with zero attached hydrogens (tertiary/aromatic N) is 3. The number of carbonyl (C=O) groups is 1. The standard InChI is InChI=1S/C23H32ClN5O3SSi/c1-23(2)13-15-8-7-11-25-18-9-6-10-19(26-18)33(31,32)28-22(30)16-12-17(34(3,4)5)20(24)27-21(16)29(23)14-15/h6,9-10,12,15H,7-8,11,13-14H2,1-5H3,(H,25,26)(H,28,30)/t15-/m0/s1. The van der Waals surface area contributed by atoms with E-state index in [1.165, 1.54) is 6.07 Å². The molecule has 8 nitrogen and oxygen atoms in total. The highest BCUT2D eigenvalue weighted by Gasteiger charge is 2.41. The molecule has 0 radical (unpaired) electrons. The van der Waals surface area contributed by atoms with E-state index in [1.54, 1.807) is 18.2 Å². The number of sulfonamides is 1. The number of amides is 1. The first-order valence-electron chi connectivity index (χ1n) is 11.5. The third-order valence-corrected chi connectivity index (χ3v) is 10.2. The van der Waals surface area contributed by atoms with Gasteiger partial charge >= 0.3 is 0 Å². The summed E-state index contributed by atoms with van der Waals surface area (Å²) in [4.78, 5) is 24.5. The third kappa shape index (κ3) is 4.94. The maximum Gasteiger partial charge on any atom is 0.281 e. The molecular formula is C23H32ClN5O3SSi. The fourth-order valence-corrected chi connectivity index (χ4v) is 8.01. The zero-order valence-electron chi connectivity index (χ0n) is 20.3. The summed E-state index contributed by atoms with van der Waals surface area (Å²) in [5.41, 5.74) is -0.0327. The highest BCUT2D eigenvalue weighted by atomic mass is 35.5. The summed E-state index contributed by atoms with van der Waals surface area (Å²) in [6.45, 7) is 12.0. The molecule has 184 valence electrons. The number of hydrogen-bond donors (Lipinski definition) is 2. The normalized spacial score (nSPS) is 22.1. The van der Waals surface area contributed by atoms with Crippen molar-refractivity contribution in [2.24, 2.45) is 5.92 Å². The Morgan fingerprint density at radius 2 is 1.94 bits per heavy atom. The molecule has 1 amide bonds. The number of carbonyl (C=O) groups excluding carboxylic acids is 1. The van der Waals surface area contributed by atoms with E-state index in [2.05, 4.69) is 53.4 Å². The SMILES string of the molecule is CC1(C)C[C@@H]2CCCNc3cccc(n3)S(=O)(=O)NC(=O)c3cc([Si](C)(C)C)c(Cl)nc3N1C2. The van der Waals surface area contributed by atoms with Crippen LogP contribution in [0, 0.1) is 5.92 Å². The van der Waals surface area contributed by atoms with Crippen molar-refractivity contribution in [3.63, 3.8) is 0 Å². The van der Waals surface area contributed by atoms with Gasteiger partial charge in [-0.25, -0.2) is 14.7 Å². The fourth-order valence-electron chi connectivity index (χ4n) is 4.83. The number of aromatic nitrogens is 2. The van der Waals surface area contributed by atoms with Crippen LogP contribution in [0.25, 0.3) is 0 Å². The minimum atomic E-state index is -4.19. The molecular weight excluding hydrogens is 490 g/mol. The van der Waals surface area contributed by atoms with Crippen molar-refractivity contribution in [1.82, 2.24) is 14.7 Å². The van der Waals surface area contributed by atoms with E-state index >= 15 is 0 Å². The number of anilines is 2. The lowest BCUT2D eigenvalue weighted by Gasteiger charge is -2.34.